The van der Waals surface area contributed by atoms with Crippen LogP contribution >= 0.6 is 0 Å². The van der Waals surface area contributed by atoms with Crippen molar-refractivity contribution < 1.29 is 14.6 Å². The van der Waals surface area contributed by atoms with Crippen molar-refractivity contribution in [2.45, 2.75) is 45.2 Å². The molecule has 4 heteroatoms. The summed E-state index contributed by atoms with van der Waals surface area (Å²) >= 11 is 0. The number of carbonyl (C=O) groups is 1. The van der Waals surface area contributed by atoms with E-state index in [1.54, 1.807) is 0 Å². The molecule has 1 saturated heterocycles. The first-order chi connectivity index (χ1) is 7.20. The summed E-state index contributed by atoms with van der Waals surface area (Å²) in [6.07, 6.45) is 2.59. The topological polar surface area (TPSA) is 49.8 Å². The predicted octanol–water partition coefficient (Wildman–Crippen LogP) is 1.35. The SMILES string of the molecule is CCCC(C(=O)O)N1CCOCC1CC. The van der Waals surface area contributed by atoms with Crippen LogP contribution in [0, 0.1) is 0 Å². The van der Waals surface area contributed by atoms with Crippen molar-refractivity contribution in [1.29, 1.82) is 0 Å². The monoisotopic (exact) mass is 215 g/mol. The van der Waals surface area contributed by atoms with Gasteiger partial charge in [-0.05, 0) is 12.8 Å². The first-order valence-electron chi connectivity index (χ1n) is 5.77. The highest BCUT2D eigenvalue weighted by Gasteiger charge is 2.31. The zero-order chi connectivity index (χ0) is 11.3. The minimum atomic E-state index is -0.697. The number of aliphatic carboxylic acids is 1. The van der Waals surface area contributed by atoms with E-state index in [0.29, 0.717) is 13.2 Å². The van der Waals surface area contributed by atoms with E-state index in [4.69, 9.17) is 4.74 Å². The maximum absolute atomic E-state index is 11.2. The van der Waals surface area contributed by atoms with Crippen molar-refractivity contribution in [3.05, 3.63) is 0 Å². The molecule has 2 atom stereocenters. The molecule has 1 heterocycles. The number of hydrogen-bond acceptors (Lipinski definition) is 3. The molecule has 1 rings (SSSR count). The van der Waals surface area contributed by atoms with Crippen LogP contribution in [0.1, 0.15) is 33.1 Å². The van der Waals surface area contributed by atoms with Crippen LogP contribution in [0.15, 0.2) is 0 Å². The van der Waals surface area contributed by atoms with Crippen molar-refractivity contribution in [1.82, 2.24) is 4.90 Å². The first kappa shape index (κ1) is 12.5. The fourth-order valence-corrected chi connectivity index (χ4v) is 2.13. The molecule has 1 aliphatic rings. The highest BCUT2D eigenvalue weighted by Crippen LogP contribution is 2.17. The van der Waals surface area contributed by atoms with Crippen LogP contribution in [0.4, 0.5) is 0 Å². The normalized spacial score (nSPS) is 25.1. The Balaban J connectivity index is 2.65. The molecular formula is C11H21NO3. The smallest absolute Gasteiger partial charge is 0.320 e. The molecule has 0 radical (unpaired) electrons. The van der Waals surface area contributed by atoms with E-state index < -0.39 is 5.97 Å². The quantitative estimate of drug-likeness (QED) is 0.752. The van der Waals surface area contributed by atoms with E-state index >= 15 is 0 Å². The number of nitrogens with zero attached hydrogens (tertiary/aromatic N) is 1. The summed E-state index contributed by atoms with van der Waals surface area (Å²) in [5, 5.41) is 9.19. The van der Waals surface area contributed by atoms with E-state index in [1.165, 1.54) is 0 Å². The number of carboxylic acid groups (broad SMARTS) is 1. The van der Waals surface area contributed by atoms with E-state index in [2.05, 4.69) is 11.8 Å². The van der Waals surface area contributed by atoms with E-state index in [9.17, 15) is 9.90 Å². The lowest BCUT2D eigenvalue weighted by molar-refractivity contribution is -0.147. The lowest BCUT2D eigenvalue weighted by Gasteiger charge is -2.38. The van der Waals surface area contributed by atoms with Gasteiger partial charge in [0.25, 0.3) is 0 Å². The highest BCUT2D eigenvalue weighted by atomic mass is 16.5. The summed E-state index contributed by atoms with van der Waals surface area (Å²) in [6, 6.07) is -0.0600. The van der Waals surface area contributed by atoms with Gasteiger partial charge < -0.3 is 9.84 Å². The van der Waals surface area contributed by atoms with E-state index in [1.807, 2.05) is 6.92 Å². The third kappa shape index (κ3) is 3.18. The molecule has 2 unspecified atom stereocenters. The number of rotatable bonds is 5. The van der Waals surface area contributed by atoms with Crippen molar-refractivity contribution in [2.24, 2.45) is 0 Å². The largest absolute Gasteiger partial charge is 0.480 e. The Morgan fingerprint density at radius 1 is 1.60 bits per heavy atom. The number of carboxylic acids is 1. The highest BCUT2D eigenvalue weighted by molar-refractivity contribution is 5.73. The summed E-state index contributed by atoms with van der Waals surface area (Å²) in [4.78, 5) is 13.3. The van der Waals surface area contributed by atoms with Gasteiger partial charge in [0.15, 0.2) is 0 Å². The second-order valence-corrected chi connectivity index (χ2v) is 4.02. The maximum Gasteiger partial charge on any atom is 0.320 e. The second-order valence-electron chi connectivity index (χ2n) is 4.02. The molecule has 0 amide bonds. The molecule has 1 N–H and O–H groups in total. The van der Waals surface area contributed by atoms with Gasteiger partial charge >= 0.3 is 5.97 Å². The Labute approximate surface area is 91.2 Å². The van der Waals surface area contributed by atoms with E-state index in [0.717, 1.165) is 25.8 Å². The fraction of sp³-hybridized carbons (Fsp3) is 0.909. The Bertz CT molecular complexity index is 208. The molecular weight excluding hydrogens is 194 g/mol. The average Bonchev–Trinajstić information content (AvgIpc) is 2.25. The Kier molecular flexibility index (Phi) is 5.05. The Morgan fingerprint density at radius 2 is 2.33 bits per heavy atom. The zero-order valence-corrected chi connectivity index (χ0v) is 9.61. The molecule has 1 aliphatic heterocycles. The van der Waals surface area contributed by atoms with Crippen LogP contribution in [-0.2, 0) is 9.53 Å². The van der Waals surface area contributed by atoms with Crippen molar-refractivity contribution in [2.75, 3.05) is 19.8 Å². The minimum absolute atomic E-state index is 0.270. The Hall–Kier alpha value is -0.610. The molecule has 0 aromatic rings. The third-order valence-corrected chi connectivity index (χ3v) is 2.99. The number of hydrogen-bond donors (Lipinski definition) is 1. The van der Waals surface area contributed by atoms with Gasteiger partial charge in [-0.2, -0.15) is 0 Å². The molecule has 0 bridgehead atoms. The minimum Gasteiger partial charge on any atom is -0.480 e. The number of ether oxygens (including phenoxy) is 1. The molecule has 88 valence electrons. The molecule has 1 fully saturated rings. The summed E-state index contributed by atoms with van der Waals surface area (Å²) in [5.74, 6) is -0.697. The molecule has 0 saturated carbocycles. The van der Waals surface area contributed by atoms with Crippen molar-refractivity contribution >= 4 is 5.97 Å². The molecule has 0 aromatic heterocycles. The van der Waals surface area contributed by atoms with Crippen LogP contribution in [0.2, 0.25) is 0 Å². The van der Waals surface area contributed by atoms with Crippen LogP contribution in [0.5, 0.6) is 0 Å². The average molecular weight is 215 g/mol. The van der Waals surface area contributed by atoms with Gasteiger partial charge in [-0.25, -0.2) is 0 Å². The zero-order valence-electron chi connectivity index (χ0n) is 9.61. The van der Waals surface area contributed by atoms with Gasteiger partial charge in [-0.1, -0.05) is 20.3 Å². The van der Waals surface area contributed by atoms with E-state index in [-0.39, 0.29) is 12.1 Å². The summed E-state index contributed by atoms with van der Waals surface area (Å²) in [7, 11) is 0. The van der Waals surface area contributed by atoms with Gasteiger partial charge in [0.1, 0.15) is 6.04 Å². The van der Waals surface area contributed by atoms with Crippen LogP contribution in [0.3, 0.4) is 0 Å². The molecule has 0 spiro atoms. The fourth-order valence-electron chi connectivity index (χ4n) is 2.13. The standard InChI is InChI=1S/C11H21NO3/c1-3-5-10(11(13)14)12-6-7-15-8-9(12)4-2/h9-10H,3-8H2,1-2H3,(H,13,14). The predicted molar refractivity (Wildman–Crippen MR) is 57.9 cm³/mol. The van der Waals surface area contributed by atoms with Gasteiger partial charge in [0.05, 0.1) is 13.2 Å². The molecule has 15 heavy (non-hydrogen) atoms. The molecule has 4 nitrogen and oxygen atoms in total. The summed E-state index contributed by atoms with van der Waals surface area (Å²) < 4.78 is 5.38. The van der Waals surface area contributed by atoms with Crippen LogP contribution in [0.25, 0.3) is 0 Å². The lowest BCUT2D eigenvalue weighted by atomic mass is 10.1. The molecule has 0 aliphatic carbocycles. The third-order valence-electron chi connectivity index (χ3n) is 2.99. The summed E-state index contributed by atoms with van der Waals surface area (Å²) in [6.45, 7) is 6.18. The van der Waals surface area contributed by atoms with Crippen molar-refractivity contribution in [3.8, 4) is 0 Å². The molecule has 0 aromatic carbocycles. The lowest BCUT2D eigenvalue weighted by Crippen LogP contribution is -2.53. The van der Waals surface area contributed by atoms with Gasteiger partial charge in [0, 0.05) is 12.6 Å². The first-order valence-corrected chi connectivity index (χ1v) is 5.77. The maximum atomic E-state index is 11.2. The van der Waals surface area contributed by atoms with Crippen LogP contribution in [-0.4, -0.2) is 47.8 Å². The van der Waals surface area contributed by atoms with Crippen molar-refractivity contribution in [3.63, 3.8) is 0 Å². The van der Waals surface area contributed by atoms with Gasteiger partial charge in [-0.15, -0.1) is 0 Å². The van der Waals surface area contributed by atoms with Gasteiger partial charge in [-0.3, -0.25) is 9.69 Å². The van der Waals surface area contributed by atoms with Gasteiger partial charge in [0.2, 0.25) is 0 Å². The second kappa shape index (κ2) is 6.08. The Morgan fingerprint density at radius 3 is 2.87 bits per heavy atom. The van der Waals surface area contributed by atoms with Crippen LogP contribution < -0.4 is 0 Å². The number of morpholine rings is 1. The summed E-state index contributed by atoms with van der Waals surface area (Å²) in [5.41, 5.74) is 0.